The summed E-state index contributed by atoms with van der Waals surface area (Å²) in [5.74, 6) is 2.91. The molecule has 5 heteroatoms. The van der Waals surface area contributed by atoms with E-state index < -0.39 is 0 Å². The Hall–Kier alpha value is -2.53. The quantitative estimate of drug-likeness (QED) is 0.644. The van der Waals surface area contributed by atoms with Crippen LogP contribution >= 0.6 is 12.4 Å². The molecule has 0 aromatic heterocycles. The van der Waals surface area contributed by atoms with Crippen LogP contribution < -0.4 is 14.8 Å². The fourth-order valence-electron chi connectivity index (χ4n) is 2.92. The summed E-state index contributed by atoms with van der Waals surface area (Å²) in [6.45, 7) is 2.25. The molecule has 1 N–H and O–H groups in total. The van der Waals surface area contributed by atoms with Crippen LogP contribution in [0.3, 0.4) is 0 Å². The number of ether oxygens (including phenoxy) is 3. The highest BCUT2D eigenvalue weighted by molar-refractivity contribution is 5.85. The van der Waals surface area contributed by atoms with Crippen LogP contribution in [0, 0.1) is 0 Å². The first kappa shape index (κ1) is 19.2. The van der Waals surface area contributed by atoms with Gasteiger partial charge in [-0.1, -0.05) is 42.5 Å². The zero-order valence-corrected chi connectivity index (χ0v) is 15.7. The van der Waals surface area contributed by atoms with Gasteiger partial charge in [-0.05, 0) is 42.0 Å². The third-order valence-electron chi connectivity index (χ3n) is 4.23. The topological polar surface area (TPSA) is 39.7 Å². The Kier molecular flexibility index (Phi) is 6.71. The monoisotopic (exact) mass is 383 g/mol. The molecule has 1 saturated heterocycles. The zero-order chi connectivity index (χ0) is 17.6. The molecule has 0 bridgehead atoms. The Morgan fingerprint density at radius 3 is 2.00 bits per heavy atom. The third-order valence-corrected chi connectivity index (χ3v) is 4.23. The van der Waals surface area contributed by atoms with Gasteiger partial charge in [0.1, 0.15) is 11.5 Å². The second-order valence-electron chi connectivity index (χ2n) is 6.12. The highest BCUT2D eigenvalue weighted by Crippen LogP contribution is 2.37. The molecule has 4 nitrogen and oxygen atoms in total. The molecule has 27 heavy (non-hydrogen) atoms. The molecule has 0 spiro atoms. The van der Waals surface area contributed by atoms with Crippen LogP contribution in [-0.2, 0) is 4.74 Å². The van der Waals surface area contributed by atoms with Crippen molar-refractivity contribution >= 4 is 12.4 Å². The van der Waals surface area contributed by atoms with Gasteiger partial charge in [0.05, 0.1) is 19.3 Å². The summed E-state index contributed by atoms with van der Waals surface area (Å²) in [6, 6.07) is 25.6. The van der Waals surface area contributed by atoms with E-state index in [2.05, 4.69) is 11.4 Å². The summed E-state index contributed by atoms with van der Waals surface area (Å²) in [5, 5.41) is 3.47. The molecule has 0 radical (unpaired) electrons. The largest absolute Gasteiger partial charge is 0.453 e. The summed E-state index contributed by atoms with van der Waals surface area (Å²) < 4.78 is 17.8. The SMILES string of the molecule is Cl.c1ccc(Oc2ccc([C@@H]3COCCN3)cc2Oc2ccccc2)cc1. The molecule has 1 atom stereocenters. The van der Waals surface area contributed by atoms with Gasteiger partial charge >= 0.3 is 0 Å². The van der Waals surface area contributed by atoms with Gasteiger partial charge in [0, 0.05) is 6.54 Å². The van der Waals surface area contributed by atoms with Crippen LogP contribution in [-0.4, -0.2) is 19.8 Å². The first-order valence-corrected chi connectivity index (χ1v) is 8.79. The maximum atomic E-state index is 6.12. The minimum absolute atomic E-state index is 0. The maximum Gasteiger partial charge on any atom is 0.170 e. The predicted octanol–water partition coefficient (Wildman–Crippen LogP) is 5.35. The van der Waals surface area contributed by atoms with Gasteiger partial charge < -0.3 is 19.5 Å². The number of hydrogen-bond acceptors (Lipinski definition) is 4. The van der Waals surface area contributed by atoms with Crippen molar-refractivity contribution in [3.63, 3.8) is 0 Å². The van der Waals surface area contributed by atoms with E-state index in [-0.39, 0.29) is 18.4 Å². The van der Waals surface area contributed by atoms with E-state index in [1.54, 1.807) is 0 Å². The Morgan fingerprint density at radius 1 is 0.778 bits per heavy atom. The second-order valence-corrected chi connectivity index (χ2v) is 6.12. The molecule has 4 rings (SSSR count). The third kappa shape index (κ3) is 5.01. The van der Waals surface area contributed by atoms with Gasteiger partial charge in [-0.2, -0.15) is 0 Å². The van der Waals surface area contributed by atoms with E-state index in [0.29, 0.717) is 18.1 Å². The minimum atomic E-state index is 0. The first-order chi connectivity index (χ1) is 12.9. The number of rotatable bonds is 5. The van der Waals surface area contributed by atoms with E-state index >= 15 is 0 Å². The lowest BCUT2D eigenvalue weighted by Crippen LogP contribution is -2.34. The molecule has 1 fully saturated rings. The van der Waals surface area contributed by atoms with Gasteiger partial charge in [-0.25, -0.2) is 0 Å². The second kappa shape index (κ2) is 9.42. The summed E-state index contributed by atoms with van der Waals surface area (Å²) in [7, 11) is 0. The van der Waals surface area contributed by atoms with Crippen LogP contribution in [0.1, 0.15) is 11.6 Å². The van der Waals surface area contributed by atoms with Gasteiger partial charge in [0.25, 0.3) is 0 Å². The molecule has 3 aromatic carbocycles. The van der Waals surface area contributed by atoms with Crippen molar-refractivity contribution in [1.29, 1.82) is 0 Å². The molecular formula is C22H22ClNO3. The molecule has 0 saturated carbocycles. The van der Waals surface area contributed by atoms with Crippen LogP contribution in [0.25, 0.3) is 0 Å². The number of morpholine rings is 1. The fraction of sp³-hybridized carbons (Fsp3) is 0.182. The molecule has 0 unspecified atom stereocenters. The highest BCUT2D eigenvalue weighted by atomic mass is 35.5. The summed E-state index contributed by atoms with van der Waals surface area (Å²) >= 11 is 0. The molecule has 140 valence electrons. The number of para-hydroxylation sites is 2. The van der Waals surface area contributed by atoms with E-state index in [0.717, 1.165) is 30.2 Å². The van der Waals surface area contributed by atoms with E-state index in [1.807, 2.05) is 72.8 Å². The van der Waals surface area contributed by atoms with Gasteiger partial charge in [0.15, 0.2) is 11.5 Å². The lowest BCUT2D eigenvalue weighted by Gasteiger charge is -2.25. The van der Waals surface area contributed by atoms with E-state index in [9.17, 15) is 0 Å². The van der Waals surface area contributed by atoms with Crippen molar-refractivity contribution in [1.82, 2.24) is 5.32 Å². The number of halogens is 1. The first-order valence-electron chi connectivity index (χ1n) is 8.79. The smallest absolute Gasteiger partial charge is 0.170 e. The zero-order valence-electron chi connectivity index (χ0n) is 14.8. The van der Waals surface area contributed by atoms with Gasteiger partial charge in [-0.15, -0.1) is 12.4 Å². The van der Waals surface area contributed by atoms with Gasteiger partial charge in [0.2, 0.25) is 0 Å². The predicted molar refractivity (Wildman–Crippen MR) is 108 cm³/mol. The molecule has 1 aliphatic rings. The number of nitrogens with one attached hydrogen (secondary N) is 1. The van der Waals surface area contributed by atoms with Crippen molar-refractivity contribution in [3.05, 3.63) is 84.4 Å². The average Bonchev–Trinajstić information content (AvgIpc) is 2.71. The number of hydrogen-bond donors (Lipinski definition) is 1. The Labute approximate surface area is 165 Å². The summed E-state index contributed by atoms with van der Waals surface area (Å²) in [6.07, 6.45) is 0. The van der Waals surface area contributed by atoms with Crippen molar-refractivity contribution in [2.24, 2.45) is 0 Å². The molecular weight excluding hydrogens is 362 g/mol. The van der Waals surface area contributed by atoms with Crippen molar-refractivity contribution in [2.45, 2.75) is 6.04 Å². The van der Waals surface area contributed by atoms with Crippen LogP contribution in [0.2, 0.25) is 0 Å². The van der Waals surface area contributed by atoms with Gasteiger partial charge in [-0.3, -0.25) is 0 Å². The van der Waals surface area contributed by atoms with Crippen LogP contribution in [0.4, 0.5) is 0 Å². The standard InChI is InChI=1S/C22H21NO3.ClH/c1-3-7-18(8-4-1)25-21-12-11-17(20-16-24-14-13-23-20)15-22(21)26-19-9-5-2-6-10-19;/h1-12,15,20,23H,13-14,16H2;1H/t20-;/m0./s1. The Balaban J connectivity index is 0.00000210. The molecule has 0 amide bonds. The average molecular weight is 384 g/mol. The molecule has 0 aliphatic carbocycles. The van der Waals surface area contributed by atoms with E-state index in [4.69, 9.17) is 14.2 Å². The van der Waals surface area contributed by atoms with Crippen LogP contribution in [0.5, 0.6) is 23.0 Å². The fourth-order valence-corrected chi connectivity index (χ4v) is 2.92. The molecule has 1 aliphatic heterocycles. The van der Waals surface area contributed by atoms with Crippen molar-refractivity contribution in [3.8, 4) is 23.0 Å². The number of benzene rings is 3. The Bertz CT molecular complexity index is 837. The molecule has 1 heterocycles. The lowest BCUT2D eigenvalue weighted by atomic mass is 10.1. The normalized spacial score (nSPS) is 16.2. The molecule has 3 aromatic rings. The Morgan fingerprint density at radius 2 is 1.41 bits per heavy atom. The van der Waals surface area contributed by atoms with E-state index in [1.165, 1.54) is 0 Å². The lowest BCUT2D eigenvalue weighted by molar-refractivity contribution is 0.0768. The highest BCUT2D eigenvalue weighted by Gasteiger charge is 2.18. The van der Waals surface area contributed by atoms with Crippen molar-refractivity contribution < 1.29 is 14.2 Å². The maximum absolute atomic E-state index is 6.12. The van der Waals surface area contributed by atoms with Crippen LogP contribution in [0.15, 0.2) is 78.9 Å². The minimum Gasteiger partial charge on any atom is -0.453 e. The summed E-state index contributed by atoms with van der Waals surface area (Å²) in [5.41, 5.74) is 1.12. The van der Waals surface area contributed by atoms with Crippen molar-refractivity contribution in [2.75, 3.05) is 19.8 Å². The summed E-state index contributed by atoms with van der Waals surface area (Å²) in [4.78, 5) is 0.